The molecule has 2 unspecified atom stereocenters. The standard InChI is InChI=1S/C52H96NO8P/c1-6-8-10-12-14-16-18-20-22-24-26-28-30-32-34-36-38-40-42-44-51(54)58-48-50(49-60-62(56,57)59-47-46-53(3,4)5)61-52(55)45-43-41-39-37-35-33-31-29-27-25-23-21-19-17-15-13-11-9-7-2/h14-17,20-23,50H,6-13,18-19,24-49H2,1-5H3/p+1/b16-14-,17-15-,22-20-,23-21-. The van der Waals surface area contributed by atoms with Gasteiger partial charge in [0.2, 0.25) is 0 Å². The zero-order valence-electron chi connectivity index (χ0n) is 40.9. The van der Waals surface area contributed by atoms with E-state index < -0.39 is 26.5 Å². The third kappa shape index (κ3) is 47.4. The lowest BCUT2D eigenvalue weighted by molar-refractivity contribution is -0.870. The molecule has 0 aromatic rings. The number of rotatable bonds is 46. The molecule has 0 aliphatic heterocycles. The number of phosphoric ester groups is 1. The van der Waals surface area contributed by atoms with Crippen molar-refractivity contribution in [3.05, 3.63) is 48.6 Å². The van der Waals surface area contributed by atoms with Gasteiger partial charge in [-0.1, -0.05) is 178 Å². The molecule has 0 radical (unpaired) electrons. The van der Waals surface area contributed by atoms with E-state index in [4.69, 9.17) is 18.5 Å². The Hall–Kier alpha value is -2.03. The van der Waals surface area contributed by atoms with E-state index in [9.17, 15) is 19.0 Å². The summed E-state index contributed by atoms with van der Waals surface area (Å²) < 4.78 is 34.4. The lowest BCUT2D eigenvalue weighted by Gasteiger charge is -2.24. The van der Waals surface area contributed by atoms with Crippen LogP contribution in [0.25, 0.3) is 0 Å². The lowest BCUT2D eigenvalue weighted by Crippen LogP contribution is -2.37. The normalized spacial score (nSPS) is 13.8. The maximum Gasteiger partial charge on any atom is 0.472 e. The Kier molecular flexibility index (Phi) is 42.7. The van der Waals surface area contributed by atoms with Crippen molar-refractivity contribution in [1.29, 1.82) is 0 Å². The van der Waals surface area contributed by atoms with Gasteiger partial charge in [0.15, 0.2) is 6.10 Å². The predicted molar refractivity (Wildman–Crippen MR) is 261 cm³/mol. The van der Waals surface area contributed by atoms with Gasteiger partial charge < -0.3 is 18.9 Å². The average Bonchev–Trinajstić information content (AvgIpc) is 3.23. The maximum atomic E-state index is 12.8. The summed E-state index contributed by atoms with van der Waals surface area (Å²) in [6, 6.07) is 0. The molecule has 10 heteroatoms. The van der Waals surface area contributed by atoms with Crippen LogP contribution in [0.3, 0.4) is 0 Å². The fourth-order valence-corrected chi connectivity index (χ4v) is 7.58. The Balaban J connectivity index is 4.27. The van der Waals surface area contributed by atoms with E-state index >= 15 is 0 Å². The number of ether oxygens (including phenoxy) is 2. The fraction of sp³-hybridized carbons (Fsp3) is 0.808. The molecule has 0 spiro atoms. The molecule has 62 heavy (non-hydrogen) atoms. The summed E-state index contributed by atoms with van der Waals surface area (Å²) >= 11 is 0. The summed E-state index contributed by atoms with van der Waals surface area (Å²) in [5.74, 6) is -0.804. The molecule has 0 aliphatic carbocycles. The summed E-state index contributed by atoms with van der Waals surface area (Å²) in [5.41, 5.74) is 0. The van der Waals surface area contributed by atoms with Gasteiger partial charge in [-0.2, -0.15) is 0 Å². The molecule has 0 saturated carbocycles. The number of carbonyl (C=O) groups excluding carboxylic acids is 2. The minimum absolute atomic E-state index is 0.0292. The summed E-state index contributed by atoms with van der Waals surface area (Å²) in [6.45, 7) is 4.38. The van der Waals surface area contributed by atoms with E-state index in [0.29, 0.717) is 17.4 Å². The van der Waals surface area contributed by atoms with Crippen LogP contribution in [0.15, 0.2) is 48.6 Å². The molecule has 0 amide bonds. The number of hydrogen-bond donors (Lipinski definition) is 1. The third-order valence-corrected chi connectivity index (χ3v) is 11.8. The average molecular weight is 895 g/mol. The molecule has 0 aromatic carbocycles. The van der Waals surface area contributed by atoms with Crippen molar-refractivity contribution >= 4 is 19.8 Å². The van der Waals surface area contributed by atoms with E-state index in [-0.39, 0.29) is 32.0 Å². The van der Waals surface area contributed by atoms with Crippen LogP contribution in [0.4, 0.5) is 0 Å². The van der Waals surface area contributed by atoms with Gasteiger partial charge in [0.1, 0.15) is 19.8 Å². The number of allylic oxidation sites excluding steroid dienone is 8. The van der Waals surface area contributed by atoms with Crippen molar-refractivity contribution in [3.63, 3.8) is 0 Å². The van der Waals surface area contributed by atoms with Gasteiger partial charge in [0.25, 0.3) is 0 Å². The molecule has 0 heterocycles. The summed E-state index contributed by atoms with van der Waals surface area (Å²) in [4.78, 5) is 35.5. The van der Waals surface area contributed by atoms with Crippen molar-refractivity contribution in [2.24, 2.45) is 0 Å². The largest absolute Gasteiger partial charge is 0.472 e. The predicted octanol–water partition coefficient (Wildman–Crippen LogP) is 15.0. The van der Waals surface area contributed by atoms with E-state index in [0.717, 1.165) is 57.8 Å². The molecule has 0 fully saturated rings. The van der Waals surface area contributed by atoms with Crippen molar-refractivity contribution in [2.75, 3.05) is 47.5 Å². The third-order valence-electron chi connectivity index (χ3n) is 10.8. The Morgan fingerprint density at radius 2 is 0.871 bits per heavy atom. The van der Waals surface area contributed by atoms with Crippen LogP contribution in [-0.2, 0) is 32.7 Å². The number of hydrogen-bond acceptors (Lipinski definition) is 7. The summed E-state index contributed by atoms with van der Waals surface area (Å²) in [7, 11) is 1.47. The van der Waals surface area contributed by atoms with Gasteiger partial charge >= 0.3 is 19.8 Å². The first-order chi connectivity index (χ1) is 30.0. The SMILES string of the molecule is CCCCC/C=C\C/C=C\CCCCCCCCCCCC(=O)OCC(COP(=O)(O)OCC[N+](C)(C)C)OC(=O)CCCCCCCCCCC/C=C\C/C=C\CCCCC. The maximum absolute atomic E-state index is 12.8. The Morgan fingerprint density at radius 3 is 1.27 bits per heavy atom. The number of carbonyl (C=O) groups is 2. The molecule has 0 saturated heterocycles. The second-order valence-electron chi connectivity index (χ2n) is 18.2. The molecule has 0 aromatic heterocycles. The van der Waals surface area contributed by atoms with Crippen LogP contribution in [-0.4, -0.2) is 74.9 Å². The molecule has 0 bridgehead atoms. The monoisotopic (exact) mass is 895 g/mol. The number of unbranched alkanes of at least 4 members (excludes halogenated alkanes) is 24. The highest BCUT2D eigenvalue weighted by Crippen LogP contribution is 2.43. The van der Waals surface area contributed by atoms with Crippen LogP contribution in [0.1, 0.15) is 219 Å². The topological polar surface area (TPSA) is 108 Å². The smallest absolute Gasteiger partial charge is 0.462 e. The van der Waals surface area contributed by atoms with Gasteiger partial charge in [-0.05, 0) is 77.0 Å². The first-order valence-electron chi connectivity index (χ1n) is 25.4. The van der Waals surface area contributed by atoms with Crippen LogP contribution < -0.4 is 0 Å². The zero-order valence-corrected chi connectivity index (χ0v) is 41.7. The van der Waals surface area contributed by atoms with Gasteiger partial charge in [-0.3, -0.25) is 18.6 Å². The number of esters is 2. The molecule has 362 valence electrons. The number of nitrogens with zero attached hydrogens (tertiary/aromatic N) is 1. The lowest BCUT2D eigenvalue weighted by atomic mass is 10.1. The van der Waals surface area contributed by atoms with Crippen LogP contribution in [0.2, 0.25) is 0 Å². The van der Waals surface area contributed by atoms with Crippen LogP contribution in [0, 0.1) is 0 Å². The van der Waals surface area contributed by atoms with Crippen molar-refractivity contribution in [1.82, 2.24) is 0 Å². The first kappa shape index (κ1) is 60.0. The van der Waals surface area contributed by atoms with Gasteiger partial charge in [0, 0.05) is 12.8 Å². The minimum Gasteiger partial charge on any atom is -0.462 e. The van der Waals surface area contributed by atoms with Gasteiger partial charge in [-0.15, -0.1) is 0 Å². The highest BCUT2D eigenvalue weighted by atomic mass is 31.2. The van der Waals surface area contributed by atoms with Crippen molar-refractivity contribution < 1.29 is 42.1 Å². The number of phosphoric acid groups is 1. The van der Waals surface area contributed by atoms with Crippen LogP contribution in [0.5, 0.6) is 0 Å². The highest BCUT2D eigenvalue weighted by molar-refractivity contribution is 7.47. The second-order valence-corrected chi connectivity index (χ2v) is 19.6. The van der Waals surface area contributed by atoms with Crippen molar-refractivity contribution in [3.8, 4) is 0 Å². The van der Waals surface area contributed by atoms with Gasteiger partial charge in [0.05, 0.1) is 27.7 Å². The minimum atomic E-state index is -4.38. The molecule has 0 aliphatic rings. The van der Waals surface area contributed by atoms with E-state index in [2.05, 4.69) is 62.5 Å². The Labute approximate surface area is 382 Å². The van der Waals surface area contributed by atoms with E-state index in [1.54, 1.807) is 0 Å². The molecule has 1 N–H and O–H groups in total. The molecular formula is C52H97NO8P+. The van der Waals surface area contributed by atoms with E-state index in [1.807, 2.05) is 21.1 Å². The Morgan fingerprint density at radius 1 is 0.500 bits per heavy atom. The van der Waals surface area contributed by atoms with Crippen molar-refractivity contribution in [2.45, 2.75) is 225 Å². The van der Waals surface area contributed by atoms with E-state index in [1.165, 1.54) is 128 Å². The van der Waals surface area contributed by atoms with Gasteiger partial charge in [-0.25, -0.2) is 4.57 Å². The fourth-order valence-electron chi connectivity index (χ4n) is 6.84. The second kappa shape index (κ2) is 44.2. The first-order valence-corrected chi connectivity index (χ1v) is 26.9. The number of likely N-dealkylation sites (N-methyl/N-ethyl adjacent to an activating group) is 1. The zero-order chi connectivity index (χ0) is 45.7. The molecule has 9 nitrogen and oxygen atoms in total. The number of quaternary nitrogens is 1. The molecule has 2 atom stereocenters. The Bertz CT molecular complexity index is 1190. The summed E-state index contributed by atoms with van der Waals surface area (Å²) in [6.07, 6.45) is 52.9. The van der Waals surface area contributed by atoms with Crippen LogP contribution >= 0.6 is 7.82 Å². The highest BCUT2D eigenvalue weighted by Gasteiger charge is 2.27. The molecular weight excluding hydrogens is 798 g/mol. The molecule has 0 rings (SSSR count). The quantitative estimate of drug-likeness (QED) is 0.0212. The summed E-state index contributed by atoms with van der Waals surface area (Å²) in [5, 5.41) is 0.